The van der Waals surface area contributed by atoms with Gasteiger partial charge in [0.05, 0.1) is 12.5 Å². The number of rotatable bonds is 1. The molecule has 4 heteroatoms. The van der Waals surface area contributed by atoms with Crippen LogP contribution in [-0.4, -0.2) is 43.7 Å². The summed E-state index contributed by atoms with van der Waals surface area (Å²) < 4.78 is 5.35. The van der Waals surface area contributed by atoms with Crippen LogP contribution in [0, 0.1) is 5.92 Å². The van der Waals surface area contributed by atoms with Crippen molar-refractivity contribution in [3.8, 4) is 0 Å². The van der Waals surface area contributed by atoms with Gasteiger partial charge in [0.15, 0.2) is 0 Å². The third kappa shape index (κ3) is 2.13. The van der Waals surface area contributed by atoms with Gasteiger partial charge in [0.25, 0.3) is 0 Å². The fourth-order valence-corrected chi connectivity index (χ4v) is 4.05. The van der Waals surface area contributed by atoms with E-state index in [-0.39, 0.29) is 11.3 Å². The van der Waals surface area contributed by atoms with Crippen LogP contribution in [0.15, 0.2) is 24.3 Å². The molecule has 0 bridgehead atoms. The molecule has 1 spiro atoms. The van der Waals surface area contributed by atoms with Crippen molar-refractivity contribution in [1.82, 2.24) is 4.90 Å². The first-order valence-electron chi connectivity index (χ1n) is 7.98. The van der Waals surface area contributed by atoms with Crippen molar-refractivity contribution in [3.05, 3.63) is 29.8 Å². The van der Waals surface area contributed by atoms with Crippen molar-refractivity contribution in [2.24, 2.45) is 5.92 Å². The van der Waals surface area contributed by atoms with Gasteiger partial charge >= 0.3 is 0 Å². The highest BCUT2D eigenvalue weighted by Gasteiger charge is 2.42. The van der Waals surface area contributed by atoms with E-state index < -0.39 is 0 Å². The molecule has 3 heterocycles. The number of amides is 1. The molecule has 1 unspecified atom stereocenters. The van der Waals surface area contributed by atoms with E-state index in [0.717, 1.165) is 45.5 Å². The summed E-state index contributed by atoms with van der Waals surface area (Å²) in [5, 5.41) is 3.54. The van der Waals surface area contributed by atoms with E-state index in [1.807, 2.05) is 0 Å². The molecule has 0 aromatic heterocycles. The van der Waals surface area contributed by atoms with Crippen LogP contribution in [-0.2, 0) is 14.9 Å². The van der Waals surface area contributed by atoms with E-state index >= 15 is 0 Å². The second kappa shape index (κ2) is 5.02. The smallest absolute Gasteiger partial charge is 0.228 e. The van der Waals surface area contributed by atoms with Crippen molar-refractivity contribution in [3.63, 3.8) is 0 Å². The van der Waals surface area contributed by atoms with Crippen molar-refractivity contribution < 1.29 is 9.53 Å². The Kier molecular flexibility index (Phi) is 3.14. The van der Waals surface area contributed by atoms with Crippen LogP contribution in [0.2, 0.25) is 0 Å². The molecule has 1 aromatic carbocycles. The summed E-state index contributed by atoms with van der Waals surface area (Å²) in [5.41, 5.74) is 2.96. The summed E-state index contributed by atoms with van der Waals surface area (Å²) >= 11 is 0. The van der Waals surface area contributed by atoms with Gasteiger partial charge < -0.3 is 15.0 Å². The summed E-state index contributed by atoms with van der Waals surface area (Å²) in [4.78, 5) is 14.5. The molecule has 21 heavy (non-hydrogen) atoms. The van der Waals surface area contributed by atoms with Crippen LogP contribution in [0.1, 0.15) is 24.8 Å². The predicted octanol–water partition coefficient (Wildman–Crippen LogP) is 2.01. The summed E-state index contributed by atoms with van der Waals surface area (Å²) in [7, 11) is 0. The highest BCUT2D eigenvalue weighted by Crippen LogP contribution is 2.43. The van der Waals surface area contributed by atoms with E-state index in [2.05, 4.69) is 34.5 Å². The Labute approximate surface area is 125 Å². The number of para-hydroxylation sites is 1. The molecule has 1 N–H and O–H groups in total. The van der Waals surface area contributed by atoms with E-state index in [1.165, 1.54) is 11.3 Å². The Balaban J connectivity index is 1.46. The topological polar surface area (TPSA) is 41.6 Å². The number of likely N-dealkylation sites (tertiary alicyclic amines) is 1. The summed E-state index contributed by atoms with van der Waals surface area (Å²) in [6.07, 6.45) is 3.03. The molecule has 2 fully saturated rings. The van der Waals surface area contributed by atoms with Gasteiger partial charge in [-0.3, -0.25) is 4.79 Å². The van der Waals surface area contributed by atoms with Gasteiger partial charge in [-0.1, -0.05) is 18.2 Å². The van der Waals surface area contributed by atoms with E-state index in [9.17, 15) is 4.79 Å². The van der Waals surface area contributed by atoms with Crippen molar-refractivity contribution >= 4 is 11.6 Å². The number of nitrogens with zero attached hydrogens (tertiary/aromatic N) is 1. The van der Waals surface area contributed by atoms with Crippen LogP contribution in [0.4, 0.5) is 5.69 Å². The van der Waals surface area contributed by atoms with E-state index in [0.29, 0.717) is 12.5 Å². The third-order valence-corrected chi connectivity index (χ3v) is 5.43. The lowest BCUT2D eigenvalue weighted by Crippen LogP contribution is -2.48. The van der Waals surface area contributed by atoms with Gasteiger partial charge in [0.2, 0.25) is 5.91 Å². The normalized spacial score (nSPS) is 26.7. The van der Waals surface area contributed by atoms with E-state index in [1.54, 1.807) is 0 Å². The van der Waals surface area contributed by atoms with Crippen LogP contribution in [0.25, 0.3) is 0 Å². The van der Waals surface area contributed by atoms with Crippen LogP contribution in [0.3, 0.4) is 0 Å². The first kappa shape index (κ1) is 13.1. The number of carbonyl (C=O) groups excluding carboxylic acids is 1. The Morgan fingerprint density at radius 3 is 2.86 bits per heavy atom. The molecule has 1 amide bonds. The number of piperidine rings is 1. The molecular formula is C17H22N2O2. The van der Waals surface area contributed by atoms with Gasteiger partial charge in [-0.25, -0.2) is 0 Å². The molecule has 2 saturated heterocycles. The zero-order valence-corrected chi connectivity index (χ0v) is 12.3. The Morgan fingerprint density at radius 1 is 1.29 bits per heavy atom. The molecular weight excluding hydrogens is 264 g/mol. The standard InChI is InChI=1S/C17H22N2O2/c20-16(13-5-10-21-11-13)19-8-6-17(7-9-19)12-18-15-4-2-1-3-14(15)17/h1-4,13,18H,5-12H2. The monoisotopic (exact) mass is 286 g/mol. The third-order valence-electron chi connectivity index (χ3n) is 5.43. The van der Waals surface area contributed by atoms with Gasteiger partial charge in [0, 0.05) is 37.3 Å². The summed E-state index contributed by atoms with van der Waals surface area (Å²) in [5.74, 6) is 0.412. The second-order valence-corrected chi connectivity index (χ2v) is 6.57. The minimum Gasteiger partial charge on any atom is -0.384 e. The number of nitrogens with one attached hydrogen (secondary N) is 1. The number of carbonyl (C=O) groups is 1. The maximum Gasteiger partial charge on any atom is 0.228 e. The minimum absolute atomic E-state index is 0.105. The Morgan fingerprint density at radius 2 is 2.10 bits per heavy atom. The lowest BCUT2D eigenvalue weighted by atomic mass is 9.74. The summed E-state index contributed by atoms with van der Waals surface area (Å²) in [6.45, 7) is 4.13. The Bertz CT molecular complexity index is 543. The molecule has 3 aliphatic heterocycles. The summed E-state index contributed by atoms with van der Waals surface area (Å²) in [6, 6.07) is 8.62. The van der Waals surface area contributed by atoms with Crippen LogP contribution < -0.4 is 5.32 Å². The molecule has 4 nitrogen and oxygen atoms in total. The van der Waals surface area contributed by atoms with Gasteiger partial charge in [-0.15, -0.1) is 0 Å². The molecule has 1 atom stereocenters. The average molecular weight is 286 g/mol. The molecule has 0 saturated carbocycles. The zero-order valence-electron chi connectivity index (χ0n) is 12.3. The minimum atomic E-state index is 0.105. The SMILES string of the molecule is O=C(C1CCOC1)N1CCC2(CC1)CNc1ccccc12. The first-order valence-corrected chi connectivity index (χ1v) is 7.98. The first-order chi connectivity index (χ1) is 10.3. The Hall–Kier alpha value is -1.55. The maximum absolute atomic E-state index is 12.5. The van der Waals surface area contributed by atoms with Gasteiger partial charge in [-0.05, 0) is 30.9 Å². The predicted molar refractivity (Wildman–Crippen MR) is 81.3 cm³/mol. The molecule has 1 aromatic rings. The van der Waals surface area contributed by atoms with Gasteiger partial charge in [-0.2, -0.15) is 0 Å². The van der Waals surface area contributed by atoms with Crippen molar-refractivity contribution in [1.29, 1.82) is 0 Å². The molecule has 4 rings (SSSR count). The lowest BCUT2D eigenvalue weighted by Gasteiger charge is -2.40. The van der Waals surface area contributed by atoms with Gasteiger partial charge in [0.1, 0.15) is 0 Å². The molecule has 112 valence electrons. The number of fused-ring (bicyclic) bond motifs is 2. The zero-order chi connectivity index (χ0) is 14.3. The van der Waals surface area contributed by atoms with E-state index in [4.69, 9.17) is 4.74 Å². The highest BCUT2D eigenvalue weighted by molar-refractivity contribution is 5.79. The number of ether oxygens (including phenoxy) is 1. The van der Waals surface area contributed by atoms with Crippen molar-refractivity contribution in [2.75, 3.05) is 38.2 Å². The fourth-order valence-electron chi connectivity index (χ4n) is 4.05. The van der Waals surface area contributed by atoms with Crippen LogP contribution in [0.5, 0.6) is 0 Å². The maximum atomic E-state index is 12.5. The number of hydrogen-bond acceptors (Lipinski definition) is 3. The average Bonchev–Trinajstić information content (AvgIpc) is 3.17. The molecule has 0 aliphatic carbocycles. The number of hydrogen-bond donors (Lipinski definition) is 1. The molecule has 3 aliphatic rings. The van der Waals surface area contributed by atoms with Crippen molar-refractivity contribution in [2.45, 2.75) is 24.7 Å². The second-order valence-electron chi connectivity index (χ2n) is 6.57. The number of benzene rings is 1. The largest absolute Gasteiger partial charge is 0.384 e. The molecule has 0 radical (unpaired) electrons. The quantitative estimate of drug-likeness (QED) is 0.858. The number of anilines is 1. The fraction of sp³-hybridized carbons (Fsp3) is 0.588. The highest BCUT2D eigenvalue weighted by atomic mass is 16.5. The lowest BCUT2D eigenvalue weighted by molar-refractivity contribution is -0.137. The van der Waals surface area contributed by atoms with Crippen LogP contribution >= 0.6 is 0 Å².